The fraction of sp³-hybridized carbons (Fsp3) is 0.147. The largest absolute Gasteiger partial charge is 0.497 e. The second-order valence-electron chi connectivity index (χ2n) is 9.48. The lowest BCUT2D eigenvalue weighted by molar-refractivity contribution is -0.116. The number of methoxy groups -OCH3 is 2. The summed E-state index contributed by atoms with van der Waals surface area (Å²) in [5.41, 5.74) is 2.15. The molecule has 4 aromatic carbocycles. The third-order valence-electron chi connectivity index (χ3n) is 6.41. The summed E-state index contributed by atoms with van der Waals surface area (Å²) in [6.07, 6.45) is 2.14. The van der Waals surface area contributed by atoms with Gasteiger partial charge in [0.15, 0.2) is 0 Å². The van der Waals surface area contributed by atoms with E-state index < -0.39 is 11.8 Å². The maximum absolute atomic E-state index is 13.6. The minimum absolute atomic E-state index is 0.00349. The van der Waals surface area contributed by atoms with Crippen LogP contribution in [0, 0.1) is 0 Å². The van der Waals surface area contributed by atoms with E-state index in [4.69, 9.17) is 9.47 Å². The van der Waals surface area contributed by atoms with E-state index in [1.54, 1.807) is 73.8 Å². The number of carbonyl (C=O) groups excluding carboxylic acids is 3. The van der Waals surface area contributed by atoms with E-state index in [2.05, 4.69) is 31.9 Å². The van der Waals surface area contributed by atoms with Crippen LogP contribution in [0.5, 0.6) is 11.5 Å². The molecule has 44 heavy (non-hydrogen) atoms. The molecule has 0 bridgehead atoms. The number of thioether (sulfide) groups is 1. The third-order valence-corrected chi connectivity index (χ3v) is 8.30. The van der Waals surface area contributed by atoms with Crippen molar-refractivity contribution in [2.45, 2.75) is 23.5 Å². The molecule has 0 fully saturated rings. The molecule has 226 valence electrons. The molecule has 0 aliphatic rings. The first kappa shape index (κ1) is 32.4. The number of rotatable bonds is 12. The zero-order valence-electron chi connectivity index (χ0n) is 24.4. The fourth-order valence-electron chi connectivity index (χ4n) is 4.14. The van der Waals surface area contributed by atoms with Gasteiger partial charge in [0.1, 0.15) is 17.2 Å². The van der Waals surface area contributed by atoms with Crippen LogP contribution in [0.1, 0.15) is 29.3 Å². The Balaban J connectivity index is 1.55. The molecule has 1 atom stereocenters. The average molecular weight is 675 g/mol. The van der Waals surface area contributed by atoms with E-state index in [1.807, 2.05) is 37.3 Å². The van der Waals surface area contributed by atoms with Gasteiger partial charge in [-0.1, -0.05) is 47.1 Å². The highest BCUT2D eigenvalue weighted by Crippen LogP contribution is 2.30. The Kier molecular flexibility index (Phi) is 11.6. The molecule has 0 aliphatic heterocycles. The average Bonchev–Trinajstić information content (AvgIpc) is 3.04. The van der Waals surface area contributed by atoms with Crippen molar-refractivity contribution < 1.29 is 23.9 Å². The molecule has 3 amide bonds. The topological polar surface area (TPSA) is 106 Å². The van der Waals surface area contributed by atoms with Gasteiger partial charge in [0.25, 0.3) is 11.8 Å². The number of carbonyl (C=O) groups is 3. The van der Waals surface area contributed by atoms with Crippen molar-refractivity contribution in [3.05, 3.63) is 118 Å². The van der Waals surface area contributed by atoms with Gasteiger partial charge in [-0.2, -0.15) is 0 Å². The van der Waals surface area contributed by atoms with E-state index in [0.717, 1.165) is 9.37 Å². The summed E-state index contributed by atoms with van der Waals surface area (Å²) in [5.74, 6) is -0.0431. The lowest BCUT2D eigenvalue weighted by Crippen LogP contribution is -2.30. The second kappa shape index (κ2) is 15.8. The van der Waals surface area contributed by atoms with E-state index in [9.17, 15) is 14.4 Å². The normalized spacial score (nSPS) is 11.7. The van der Waals surface area contributed by atoms with Crippen LogP contribution in [0.4, 0.5) is 11.4 Å². The molecule has 0 spiro atoms. The van der Waals surface area contributed by atoms with Crippen LogP contribution in [0.15, 0.2) is 112 Å². The summed E-state index contributed by atoms with van der Waals surface area (Å²) in [4.78, 5) is 40.5. The van der Waals surface area contributed by atoms with Crippen molar-refractivity contribution in [2.75, 3.05) is 24.9 Å². The molecular weight excluding hydrogens is 642 g/mol. The number of anilines is 2. The molecule has 0 aliphatic carbocycles. The standard InChI is InChI=1S/C34H32BrN3O5S/c1-4-31(34(41)36-25-15-13-24(35)14-16-25)44-28-12-8-11-26(21-28)37-33(40)29(38-32(39)22-9-6-5-7-10-22)20-23-19-27(42-2)17-18-30(23)43-3/h5-21,31H,4H2,1-3H3,(H,36,41)(H,37,40)(H,38,39)/b29-20+. The van der Waals surface area contributed by atoms with Crippen molar-refractivity contribution in [1.29, 1.82) is 0 Å². The van der Waals surface area contributed by atoms with Gasteiger partial charge in [0.2, 0.25) is 5.91 Å². The zero-order valence-corrected chi connectivity index (χ0v) is 26.8. The smallest absolute Gasteiger partial charge is 0.272 e. The molecular formula is C34H32BrN3O5S. The highest BCUT2D eigenvalue weighted by Gasteiger charge is 2.20. The van der Waals surface area contributed by atoms with E-state index in [0.29, 0.717) is 40.4 Å². The van der Waals surface area contributed by atoms with Crippen LogP contribution in [-0.4, -0.2) is 37.2 Å². The number of hydrogen-bond acceptors (Lipinski definition) is 6. The molecule has 1 unspecified atom stereocenters. The van der Waals surface area contributed by atoms with Gasteiger partial charge in [-0.25, -0.2) is 0 Å². The summed E-state index contributed by atoms with van der Waals surface area (Å²) in [6.45, 7) is 1.95. The maximum Gasteiger partial charge on any atom is 0.272 e. The maximum atomic E-state index is 13.6. The quantitative estimate of drug-likeness (QED) is 0.107. The molecule has 10 heteroatoms. The van der Waals surface area contributed by atoms with Gasteiger partial charge in [0.05, 0.1) is 19.5 Å². The SMILES string of the molecule is CCC(Sc1cccc(NC(=O)/C(=C\c2cc(OC)ccc2OC)NC(=O)c2ccccc2)c1)C(=O)Nc1ccc(Br)cc1. The predicted octanol–water partition coefficient (Wildman–Crippen LogP) is 7.39. The lowest BCUT2D eigenvalue weighted by Gasteiger charge is -2.16. The summed E-state index contributed by atoms with van der Waals surface area (Å²) in [5, 5.41) is 8.22. The first-order chi connectivity index (χ1) is 21.3. The number of halogens is 1. The Bertz CT molecular complexity index is 1640. The molecule has 0 radical (unpaired) electrons. The Morgan fingerprint density at radius 3 is 2.27 bits per heavy atom. The summed E-state index contributed by atoms with van der Waals surface area (Å²) in [7, 11) is 3.06. The minimum atomic E-state index is -0.540. The number of ether oxygens (including phenoxy) is 2. The van der Waals surface area contributed by atoms with Gasteiger partial charge < -0.3 is 25.4 Å². The fourth-order valence-corrected chi connectivity index (χ4v) is 5.42. The third kappa shape index (κ3) is 8.98. The molecule has 0 saturated carbocycles. The highest BCUT2D eigenvalue weighted by molar-refractivity contribution is 9.10. The summed E-state index contributed by atoms with van der Waals surface area (Å²) >= 11 is 4.80. The molecule has 0 saturated heterocycles. The van der Waals surface area contributed by atoms with Crippen molar-refractivity contribution in [2.24, 2.45) is 0 Å². The van der Waals surface area contributed by atoms with Crippen molar-refractivity contribution in [3.63, 3.8) is 0 Å². The summed E-state index contributed by atoms with van der Waals surface area (Å²) < 4.78 is 11.7. The van der Waals surface area contributed by atoms with Crippen LogP contribution in [-0.2, 0) is 9.59 Å². The molecule has 4 aromatic rings. The first-order valence-corrected chi connectivity index (χ1v) is 15.4. The molecule has 3 N–H and O–H groups in total. The predicted molar refractivity (Wildman–Crippen MR) is 179 cm³/mol. The first-order valence-electron chi connectivity index (χ1n) is 13.7. The summed E-state index contributed by atoms with van der Waals surface area (Å²) in [6, 6.07) is 28.4. The van der Waals surface area contributed by atoms with Gasteiger partial charge in [0, 0.05) is 31.9 Å². The van der Waals surface area contributed by atoms with Crippen molar-refractivity contribution >= 4 is 62.9 Å². The van der Waals surface area contributed by atoms with E-state index in [1.165, 1.54) is 24.9 Å². The lowest BCUT2D eigenvalue weighted by atomic mass is 10.1. The van der Waals surface area contributed by atoms with Gasteiger partial charge in [-0.3, -0.25) is 14.4 Å². The minimum Gasteiger partial charge on any atom is -0.497 e. The van der Waals surface area contributed by atoms with Crippen LogP contribution >= 0.6 is 27.7 Å². The van der Waals surface area contributed by atoms with Crippen LogP contribution in [0.2, 0.25) is 0 Å². The Morgan fingerprint density at radius 2 is 1.59 bits per heavy atom. The molecule has 0 heterocycles. The molecule has 0 aromatic heterocycles. The molecule has 8 nitrogen and oxygen atoms in total. The number of nitrogens with one attached hydrogen (secondary N) is 3. The number of hydrogen-bond donors (Lipinski definition) is 3. The van der Waals surface area contributed by atoms with Crippen LogP contribution in [0.25, 0.3) is 6.08 Å². The van der Waals surface area contributed by atoms with E-state index in [-0.39, 0.29) is 16.9 Å². The Morgan fingerprint density at radius 1 is 0.841 bits per heavy atom. The van der Waals surface area contributed by atoms with Gasteiger partial charge in [-0.05, 0) is 85.3 Å². The van der Waals surface area contributed by atoms with Gasteiger partial charge in [-0.15, -0.1) is 11.8 Å². The number of amides is 3. The highest BCUT2D eigenvalue weighted by atomic mass is 79.9. The van der Waals surface area contributed by atoms with Crippen LogP contribution < -0.4 is 25.4 Å². The number of benzene rings is 4. The van der Waals surface area contributed by atoms with E-state index >= 15 is 0 Å². The second-order valence-corrected chi connectivity index (χ2v) is 11.7. The van der Waals surface area contributed by atoms with Crippen LogP contribution in [0.3, 0.4) is 0 Å². The Hall–Kier alpha value is -4.54. The molecule has 4 rings (SSSR count). The Labute approximate surface area is 269 Å². The zero-order chi connectivity index (χ0) is 31.5. The monoisotopic (exact) mass is 673 g/mol. The van der Waals surface area contributed by atoms with Gasteiger partial charge >= 0.3 is 0 Å². The van der Waals surface area contributed by atoms with Crippen molar-refractivity contribution in [1.82, 2.24) is 5.32 Å². The van der Waals surface area contributed by atoms with Crippen molar-refractivity contribution in [3.8, 4) is 11.5 Å².